The lowest BCUT2D eigenvalue weighted by atomic mass is 10.2. The SMILES string of the molecule is O=C(NCCCN1CCNCC1=O)c1ccccc1. The van der Waals surface area contributed by atoms with Gasteiger partial charge in [-0.2, -0.15) is 0 Å². The van der Waals surface area contributed by atoms with E-state index in [0.717, 1.165) is 19.5 Å². The summed E-state index contributed by atoms with van der Waals surface area (Å²) >= 11 is 0. The number of nitrogens with zero attached hydrogens (tertiary/aromatic N) is 1. The third-order valence-corrected chi connectivity index (χ3v) is 3.11. The van der Waals surface area contributed by atoms with Gasteiger partial charge in [0.2, 0.25) is 5.91 Å². The van der Waals surface area contributed by atoms with Crippen molar-refractivity contribution in [1.29, 1.82) is 0 Å². The zero-order chi connectivity index (χ0) is 13.5. The molecule has 0 bridgehead atoms. The number of amides is 2. The van der Waals surface area contributed by atoms with E-state index in [4.69, 9.17) is 0 Å². The fourth-order valence-corrected chi connectivity index (χ4v) is 2.05. The minimum Gasteiger partial charge on any atom is -0.352 e. The van der Waals surface area contributed by atoms with Gasteiger partial charge >= 0.3 is 0 Å². The van der Waals surface area contributed by atoms with Crippen molar-refractivity contribution in [3.05, 3.63) is 35.9 Å². The van der Waals surface area contributed by atoms with Crippen molar-refractivity contribution >= 4 is 11.8 Å². The first-order chi connectivity index (χ1) is 9.27. The zero-order valence-electron chi connectivity index (χ0n) is 10.9. The van der Waals surface area contributed by atoms with Crippen LogP contribution in [0.4, 0.5) is 0 Å². The molecule has 0 radical (unpaired) electrons. The smallest absolute Gasteiger partial charge is 0.251 e. The molecule has 1 aliphatic heterocycles. The standard InChI is InChI=1S/C14H19N3O2/c18-13-11-15-8-10-17(13)9-4-7-16-14(19)12-5-2-1-3-6-12/h1-3,5-6,15H,4,7-11H2,(H,16,19). The zero-order valence-corrected chi connectivity index (χ0v) is 10.9. The van der Waals surface area contributed by atoms with Crippen LogP contribution in [0.1, 0.15) is 16.8 Å². The first-order valence-corrected chi connectivity index (χ1v) is 6.59. The molecule has 0 atom stereocenters. The lowest BCUT2D eigenvalue weighted by Crippen LogP contribution is -2.48. The van der Waals surface area contributed by atoms with Crippen molar-refractivity contribution in [1.82, 2.24) is 15.5 Å². The molecule has 0 saturated carbocycles. The van der Waals surface area contributed by atoms with E-state index in [-0.39, 0.29) is 11.8 Å². The second-order valence-electron chi connectivity index (χ2n) is 4.53. The van der Waals surface area contributed by atoms with Crippen LogP contribution in [-0.4, -0.2) is 49.4 Å². The molecule has 1 aromatic carbocycles. The highest BCUT2D eigenvalue weighted by atomic mass is 16.2. The highest BCUT2D eigenvalue weighted by Gasteiger charge is 2.16. The van der Waals surface area contributed by atoms with Crippen molar-refractivity contribution in [2.45, 2.75) is 6.42 Å². The van der Waals surface area contributed by atoms with E-state index in [1.165, 1.54) is 0 Å². The van der Waals surface area contributed by atoms with Gasteiger partial charge in [0.05, 0.1) is 6.54 Å². The number of benzene rings is 1. The number of nitrogens with one attached hydrogen (secondary N) is 2. The molecule has 0 unspecified atom stereocenters. The van der Waals surface area contributed by atoms with Crippen molar-refractivity contribution in [2.75, 3.05) is 32.7 Å². The Morgan fingerprint density at radius 3 is 2.84 bits per heavy atom. The molecule has 1 fully saturated rings. The Balaban J connectivity index is 1.67. The molecule has 1 aliphatic rings. The number of hydrogen-bond donors (Lipinski definition) is 2. The van der Waals surface area contributed by atoms with Crippen LogP contribution in [-0.2, 0) is 4.79 Å². The lowest BCUT2D eigenvalue weighted by Gasteiger charge is -2.27. The highest BCUT2D eigenvalue weighted by molar-refractivity contribution is 5.94. The summed E-state index contributed by atoms with van der Waals surface area (Å²) < 4.78 is 0. The number of piperazine rings is 1. The van der Waals surface area contributed by atoms with Crippen LogP contribution >= 0.6 is 0 Å². The summed E-state index contributed by atoms with van der Waals surface area (Å²) in [6.07, 6.45) is 0.782. The molecule has 1 saturated heterocycles. The van der Waals surface area contributed by atoms with Gasteiger partial charge in [0.25, 0.3) is 5.91 Å². The van der Waals surface area contributed by atoms with Gasteiger partial charge in [-0.3, -0.25) is 9.59 Å². The average molecular weight is 261 g/mol. The molecule has 0 spiro atoms. The monoisotopic (exact) mass is 261 g/mol. The molecule has 19 heavy (non-hydrogen) atoms. The number of carbonyl (C=O) groups excluding carboxylic acids is 2. The molecule has 0 aliphatic carbocycles. The van der Waals surface area contributed by atoms with Crippen molar-refractivity contribution in [3.8, 4) is 0 Å². The summed E-state index contributed by atoms with van der Waals surface area (Å²) in [5.74, 6) is 0.0767. The maximum absolute atomic E-state index is 11.8. The van der Waals surface area contributed by atoms with Crippen molar-refractivity contribution in [3.63, 3.8) is 0 Å². The molecular weight excluding hydrogens is 242 g/mol. The van der Waals surface area contributed by atoms with Gasteiger partial charge in [0.15, 0.2) is 0 Å². The second kappa shape index (κ2) is 6.89. The van der Waals surface area contributed by atoms with Gasteiger partial charge in [-0.1, -0.05) is 18.2 Å². The molecule has 102 valence electrons. The lowest BCUT2D eigenvalue weighted by molar-refractivity contribution is -0.131. The molecule has 5 nitrogen and oxygen atoms in total. The van der Waals surface area contributed by atoms with Crippen LogP contribution in [0, 0.1) is 0 Å². The van der Waals surface area contributed by atoms with Crippen LogP contribution in [0.15, 0.2) is 30.3 Å². The molecule has 2 rings (SSSR count). The van der Waals surface area contributed by atoms with Gasteiger partial charge in [-0.05, 0) is 18.6 Å². The molecule has 2 amide bonds. The largest absolute Gasteiger partial charge is 0.352 e. The van der Waals surface area contributed by atoms with Crippen molar-refractivity contribution < 1.29 is 9.59 Å². The van der Waals surface area contributed by atoms with E-state index in [9.17, 15) is 9.59 Å². The van der Waals surface area contributed by atoms with E-state index in [1.54, 1.807) is 12.1 Å². The fraction of sp³-hybridized carbons (Fsp3) is 0.429. The summed E-state index contributed by atoms with van der Waals surface area (Å²) in [5, 5.41) is 5.89. The van der Waals surface area contributed by atoms with Crippen LogP contribution < -0.4 is 10.6 Å². The number of rotatable bonds is 5. The molecule has 1 heterocycles. The minimum atomic E-state index is -0.0627. The average Bonchev–Trinajstić information content (AvgIpc) is 2.46. The van der Waals surface area contributed by atoms with E-state index < -0.39 is 0 Å². The third-order valence-electron chi connectivity index (χ3n) is 3.11. The van der Waals surface area contributed by atoms with E-state index in [1.807, 2.05) is 23.1 Å². The summed E-state index contributed by atoms with van der Waals surface area (Å²) in [4.78, 5) is 25.1. The first-order valence-electron chi connectivity index (χ1n) is 6.59. The van der Waals surface area contributed by atoms with E-state index in [2.05, 4.69) is 10.6 Å². The molecule has 5 heteroatoms. The Kier molecular flexibility index (Phi) is 4.92. The summed E-state index contributed by atoms with van der Waals surface area (Å²) in [5.41, 5.74) is 0.667. The Bertz CT molecular complexity index is 434. The highest BCUT2D eigenvalue weighted by Crippen LogP contribution is 1.99. The van der Waals surface area contributed by atoms with Gasteiger partial charge in [0, 0.05) is 31.7 Å². The Morgan fingerprint density at radius 1 is 1.32 bits per heavy atom. The van der Waals surface area contributed by atoms with Crippen LogP contribution in [0.2, 0.25) is 0 Å². The van der Waals surface area contributed by atoms with Crippen LogP contribution in [0.5, 0.6) is 0 Å². The fourth-order valence-electron chi connectivity index (χ4n) is 2.05. The van der Waals surface area contributed by atoms with Gasteiger partial charge < -0.3 is 15.5 Å². The van der Waals surface area contributed by atoms with Gasteiger partial charge in [-0.15, -0.1) is 0 Å². The maximum Gasteiger partial charge on any atom is 0.251 e. The predicted octanol–water partition coefficient (Wildman–Crippen LogP) is 0.238. The normalized spacial score (nSPS) is 15.4. The predicted molar refractivity (Wildman–Crippen MR) is 72.8 cm³/mol. The topological polar surface area (TPSA) is 61.4 Å². The summed E-state index contributed by atoms with van der Waals surface area (Å²) in [7, 11) is 0. The quantitative estimate of drug-likeness (QED) is 0.746. The third kappa shape index (κ3) is 4.06. The first kappa shape index (κ1) is 13.5. The van der Waals surface area contributed by atoms with Gasteiger partial charge in [-0.25, -0.2) is 0 Å². The Morgan fingerprint density at radius 2 is 2.11 bits per heavy atom. The van der Waals surface area contributed by atoms with E-state index >= 15 is 0 Å². The summed E-state index contributed by atoms with van der Waals surface area (Å²) in [6, 6.07) is 9.14. The van der Waals surface area contributed by atoms with Crippen LogP contribution in [0.3, 0.4) is 0 Å². The van der Waals surface area contributed by atoms with Gasteiger partial charge in [0.1, 0.15) is 0 Å². The molecular formula is C14H19N3O2. The molecule has 0 aromatic heterocycles. The maximum atomic E-state index is 11.8. The summed E-state index contributed by atoms with van der Waals surface area (Å²) in [6.45, 7) is 3.32. The van der Waals surface area contributed by atoms with E-state index in [0.29, 0.717) is 25.2 Å². The van der Waals surface area contributed by atoms with Crippen molar-refractivity contribution in [2.24, 2.45) is 0 Å². The Hall–Kier alpha value is -1.88. The molecule has 2 N–H and O–H groups in total. The molecule has 1 aromatic rings. The van der Waals surface area contributed by atoms with Crippen LogP contribution in [0.25, 0.3) is 0 Å². The number of hydrogen-bond acceptors (Lipinski definition) is 3. The number of carbonyl (C=O) groups is 2. The minimum absolute atomic E-state index is 0.0627. The second-order valence-corrected chi connectivity index (χ2v) is 4.53. The Labute approximate surface area is 113 Å².